The van der Waals surface area contributed by atoms with Crippen molar-refractivity contribution in [2.75, 3.05) is 0 Å². The van der Waals surface area contributed by atoms with Crippen LogP contribution in [0.4, 0.5) is 0 Å². The summed E-state index contributed by atoms with van der Waals surface area (Å²) >= 11 is 6.09. The van der Waals surface area contributed by atoms with Gasteiger partial charge in [0.2, 0.25) is 0 Å². The van der Waals surface area contributed by atoms with E-state index in [1.54, 1.807) is 54.8 Å². The van der Waals surface area contributed by atoms with Crippen LogP contribution in [0.1, 0.15) is 0 Å². The molecule has 0 amide bonds. The molecule has 5 nitrogen and oxygen atoms in total. The van der Waals surface area contributed by atoms with Crippen LogP contribution in [0.25, 0.3) is 33.3 Å². The quantitative estimate of drug-likeness (QED) is 0.378. The summed E-state index contributed by atoms with van der Waals surface area (Å²) in [6.07, 6.45) is 1.60. The highest BCUT2D eigenvalue weighted by Crippen LogP contribution is 2.35. The third-order valence-electron chi connectivity index (χ3n) is 4.63. The maximum absolute atomic E-state index is 13.4. The molecule has 0 bridgehead atoms. The first-order chi connectivity index (χ1) is 13.6. The summed E-state index contributed by atoms with van der Waals surface area (Å²) in [6.45, 7) is 0. The van der Waals surface area contributed by atoms with Gasteiger partial charge in [-0.15, -0.1) is 0 Å². The SMILES string of the molecule is O=S(=O)(c1ccccc1)n1c2ccc(-c3ccco3)cc2c2ccc(Cl)nc21. The lowest BCUT2D eigenvalue weighted by molar-refractivity contribution is 0.582. The topological polar surface area (TPSA) is 65.1 Å². The molecule has 0 atom stereocenters. The molecule has 0 fully saturated rings. The number of fused-ring (bicyclic) bond motifs is 3. The molecular formula is C21H13ClN2O3S. The average Bonchev–Trinajstić information content (AvgIpc) is 3.34. The number of rotatable bonds is 3. The predicted molar refractivity (Wildman–Crippen MR) is 109 cm³/mol. The number of pyridine rings is 1. The Morgan fingerprint density at radius 2 is 1.71 bits per heavy atom. The molecule has 0 N–H and O–H groups in total. The van der Waals surface area contributed by atoms with E-state index in [1.807, 2.05) is 24.3 Å². The molecule has 28 heavy (non-hydrogen) atoms. The summed E-state index contributed by atoms with van der Waals surface area (Å²) in [5, 5.41) is 1.69. The molecule has 0 aliphatic rings. The fraction of sp³-hybridized carbons (Fsp3) is 0. The summed E-state index contributed by atoms with van der Waals surface area (Å²) in [6, 6.07) is 20.9. The van der Waals surface area contributed by atoms with Crippen LogP contribution in [0.2, 0.25) is 5.15 Å². The Bertz CT molecular complexity index is 1420. The van der Waals surface area contributed by atoms with E-state index < -0.39 is 10.0 Å². The minimum absolute atomic E-state index is 0.186. The van der Waals surface area contributed by atoms with Crippen molar-refractivity contribution < 1.29 is 12.8 Å². The molecule has 0 radical (unpaired) electrons. The summed E-state index contributed by atoms with van der Waals surface area (Å²) < 4.78 is 33.6. The third kappa shape index (κ3) is 2.53. The van der Waals surface area contributed by atoms with Crippen molar-refractivity contribution in [1.29, 1.82) is 0 Å². The van der Waals surface area contributed by atoms with Crippen molar-refractivity contribution in [1.82, 2.24) is 8.96 Å². The maximum Gasteiger partial charge on any atom is 0.269 e. The van der Waals surface area contributed by atoms with Gasteiger partial charge < -0.3 is 4.42 Å². The van der Waals surface area contributed by atoms with Crippen molar-refractivity contribution in [3.8, 4) is 11.3 Å². The van der Waals surface area contributed by atoms with Crippen molar-refractivity contribution in [3.05, 3.63) is 84.2 Å². The maximum atomic E-state index is 13.4. The lowest BCUT2D eigenvalue weighted by Crippen LogP contribution is -2.13. The van der Waals surface area contributed by atoms with Gasteiger partial charge in [-0.2, -0.15) is 0 Å². The summed E-state index contributed by atoms with van der Waals surface area (Å²) in [5.41, 5.74) is 1.68. The normalized spacial score (nSPS) is 12.0. The largest absolute Gasteiger partial charge is 0.464 e. The number of aromatic nitrogens is 2. The second-order valence-corrected chi connectivity index (χ2v) is 8.47. The second-order valence-electron chi connectivity index (χ2n) is 6.30. The minimum Gasteiger partial charge on any atom is -0.464 e. The Hall–Kier alpha value is -3.09. The van der Waals surface area contributed by atoms with E-state index in [0.29, 0.717) is 22.3 Å². The van der Waals surface area contributed by atoms with Crippen LogP contribution in [0.15, 0.2) is 88.4 Å². The van der Waals surface area contributed by atoms with E-state index in [-0.39, 0.29) is 10.0 Å². The predicted octanol–water partition coefficient (Wildman–Crippen LogP) is 5.34. The van der Waals surface area contributed by atoms with E-state index in [9.17, 15) is 8.42 Å². The Balaban J connectivity index is 1.89. The van der Waals surface area contributed by atoms with Gasteiger partial charge in [-0.25, -0.2) is 17.4 Å². The van der Waals surface area contributed by atoms with Gasteiger partial charge in [0, 0.05) is 16.3 Å². The summed E-state index contributed by atoms with van der Waals surface area (Å²) in [7, 11) is -3.86. The van der Waals surface area contributed by atoms with E-state index >= 15 is 0 Å². The Labute approximate surface area is 165 Å². The van der Waals surface area contributed by atoms with E-state index in [0.717, 1.165) is 10.9 Å². The van der Waals surface area contributed by atoms with Crippen molar-refractivity contribution in [2.45, 2.75) is 4.90 Å². The molecule has 7 heteroatoms. The molecule has 0 unspecified atom stereocenters. The van der Waals surface area contributed by atoms with Gasteiger partial charge >= 0.3 is 0 Å². The third-order valence-corrected chi connectivity index (χ3v) is 6.55. The van der Waals surface area contributed by atoms with Gasteiger partial charge in [-0.1, -0.05) is 29.8 Å². The number of nitrogens with zero attached hydrogens (tertiary/aromatic N) is 2. The molecule has 0 saturated heterocycles. The van der Waals surface area contributed by atoms with E-state index in [4.69, 9.17) is 16.0 Å². The fourth-order valence-electron chi connectivity index (χ4n) is 3.37. The number of hydrogen-bond donors (Lipinski definition) is 0. The van der Waals surface area contributed by atoms with Crippen LogP contribution in [-0.2, 0) is 10.0 Å². The van der Waals surface area contributed by atoms with Crippen LogP contribution in [0, 0.1) is 0 Å². The summed E-state index contributed by atoms with van der Waals surface area (Å²) in [5.74, 6) is 0.704. The number of benzene rings is 2. The molecule has 0 spiro atoms. The Morgan fingerprint density at radius 3 is 2.46 bits per heavy atom. The van der Waals surface area contributed by atoms with Crippen molar-refractivity contribution in [3.63, 3.8) is 0 Å². The smallest absolute Gasteiger partial charge is 0.269 e. The second kappa shape index (κ2) is 6.22. The van der Waals surface area contributed by atoms with Gasteiger partial charge in [0.25, 0.3) is 10.0 Å². The van der Waals surface area contributed by atoms with Gasteiger partial charge in [-0.05, 0) is 54.6 Å². The van der Waals surface area contributed by atoms with Gasteiger partial charge in [0.05, 0.1) is 16.7 Å². The molecule has 0 aliphatic heterocycles. The molecule has 5 rings (SSSR count). The van der Waals surface area contributed by atoms with Crippen LogP contribution in [0.5, 0.6) is 0 Å². The number of halogens is 1. The highest BCUT2D eigenvalue weighted by molar-refractivity contribution is 7.90. The minimum atomic E-state index is -3.86. The summed E-state index contributed by atoms with van der Waals surface area (Å²) in [4.78, 5) is 4.51. The first kappa shape index (κ1) is 17.0. The fourth-order valence-corrected chi connectivity index (χ4v) is 5.01. The molecule has 3 aromatic heterocycles. The Morgan fingerprint density at radius 1 is 0.893 bits per heavy atom. The highest BCUT2D eigenvalue weighted by Gasteiger charge is 2.24. The zero-order valence-electron chi connectivity index (χ0n) is 14.4. The van der Waals surface area contributed by atoms with Crippen LogP contribution in [0.3, 0.4) is 0 Å². The van der Waals surface area contributed by atoms with E-state index in [2.05, 4.69) is 4.98 Å². The monoisotopic (exact) mass is 408 g/mol. The lowest BCUT2D eigenvalue weighted by atomic mass is 10.1. The molecular weight excluding hydrogens is 396 g/mol. The molecule has 5 aromatic rings. The van der Waals surface area contributed by atoms with Crippen molar-refractivity contribution >= 4 is 43.6 Å². The number of hydrogen-bond acceptors (Lipinski definition) is 4. The van der Waals surface area contributed by atoms with Gasteiger partial charge in [0.1, 0.15) is 10.9 Å². The van der Waals surface area contributed by atoms with Crippen LogP contribution < -0.4 is 0 Å². The highest BCUT2D eigenvalue weighted by atomic mass is 35.5. The molecule has 0 saturated carbocycles. The van der Waals surface area contributed by atoms with Crippen LogP contribution >= 0.6 is 11.6 Å². The average molecular weight is 409 g/mol. The van der Waals surface area contributed by atoms with Gasteiger partial charge in [0.15, 0.2) is 5.65 Å². The van der Waals surface area contributed by atoms with Gasteiger partial charge in [-0.3, -0.25) is 0 Å². The Kier molecular flexibility index (Phi) is 3.79. The van der Waals surface area contributed by atoms with Crippen molar-refractivity contribution in [2.24, 2.45) is 0 Å². The zero-order valence-corrected chi connectivity index (χ0v) is 16.0. The zero-order chi connectivity index (χ0) is 19.3. The molecule has 0 aliphatic carbocycles. The lowest BCUT2D eigenvalue weighted by Gasteiger charge is -2.09. The molecule has 3 heterocycles. The first-order valence-corrected chi connectivity index (χ1v) is 10.3. The molecule has 138 valence electrons. The van der Waals surface area contributed by atoms with Crippen LogP contribution in [-0.4, -0.2) is 17.4 Å². The first-order valence-electron chi connectivity index (χ1n) is 8.51. The number of furan rings is 1. The molecule has 2 aromatic carbocycles. The standard InChI is InChI=1S/C21H13ClN2O3S/c22-20-11-9-16-17-13-14(19-7-4-12-27-19)8-10-18(17)24(21(16)23-20)28(25,26)15-5-2-1-3-6-15/h1-13H. The van der Waals surface area contributed by atoms with E-state index in [1.165, 1.54) is 3.97 Å².